The molecule has 0 saturated carbocycles. The topological polar surface area (TPSA) is 169 Å². The summed E-state index contributed by atoms with van der Waals surface area (Å²) in [5, 5.41) is 39.9. The smallest absolute Gasteiger partial charge is 0.335 e. The maximum absolute atomic E-state index is 12.8. The van der Waals surface area contributed by atoms with Gasteiger partial charge in [-0.1, -0.05) is 197 Å². The molecule has 1 aliphatic rings. The van der Waals surface area contributed by atoms with Crippen molar-refractivity contribution in [3.05, 3.63) is 48.6 Å². The molecular formula is C52H90O11. The van der Waals surface area contributed by atoms with E-state index in [4.69, 9.17) is 18.9 Å². The molecule has 364 valence electrons. The molecule has 0 radical (unpaired) electrons. The maximum Gasteiger partial charge on any atom is 0.335 e. The Balaban J connectivity index is 2.28. The van der Waals surface area contributed by atoms with Crippen LogP contribution in [0.25, 0.3) is 0 Å². The van der Waals surface area contributed by atoms with Crippen LogP contribution in [0.2, 0.25) is 0 Å². The molecule has 6 atom stereocenters. The van der Waals surface area contributed by atoms with Crippen LogP contribution in [0.1, 0.15) is 213 Å². The molecule has 1 heterocycles. The molecule has 0 aliphatic carbocycles. The number of carboxylic acids is 1. The van der Waals surface area contributed by atoms with Gasteiger partial charge in [-0.3, -0.25) is 9.59 Å². The summed E-state index contributed by atoms with van der Waals surface area (Å²) < 4.78 is 21.8. The fraction of sp³-hybridized carbons (Fsp3) is 0.788. The van der Waals surface area contributed by atoms with Gasteiger partial charge >= 0.3 is 17.9 Å². The lowest BCUT2D eigenvalue weighted by Crippen LogP contribution is -2.60. The summed E-state index contributed by atoms with van der Waals surface area (Å²) in [6.07, 6.45) is 41.6. The van der Waals surface area contributed by atoms with E-state index in [9.17, 15) is 34.8 Å². The molecule has 6 unspecified atom stereocenters. The standard InChI is InChI=1S/C52H90O11/c1-3-5-7-9-11-13-15-17-19-20-21-22-23-24-25-26-27-29-30-32-34-36-38-40-45(53)60-42-44(43-61-52-49(57)47(55)48(56)50(63-52)51(58)59)62-46(54)41-39-37-35-33-31-28-18-16-14-12-10-8-6-4-2/h5,7,11,13,17,19,21-22,44,47-50,52,55-57H,3-4,6,8-10,12,14-16,18,20,23-43H2,1-2H3,(H,58,59)/b7-5-,13-11-,19-17-,22-21-. The summed E-state index contributed by atoms with van der Waals surface area (Å²) in [7, 11) is 0. The van der Waals surface area contributed by atoms with E-state index < -0.39 is 54.7 Å². The Hall–Kier alpha value is -2.83. The zero-order chi connectivity index (χ0) is 46.0. The summed E-state index contributed by atoms with van der Waals surface area (Å²) in [5.41, 5.74) is 0. The first-order valence-corrected chi connectivity index (χ1v) is 25.2. The van der Waals surface area contributed by atoms with Crippen molar-refractivity contribution in [2.24, 2.45) is 0 Å². The van der Waals surface area contributed by atoms with Crippen LogP contribution in [0.15, 0.2) is 48.6 Å². The van der Waals surface area contributed by atoms with Crippen LogP contribution in [-0.2, 0) is 33.3 Å². The third-order valence-electron chi connectivity index (χ3n) is 11.4. The Kier molecular flexibility index (Phi) is 38.6. The molecule has 11 heteroatoms. The quantitative estimate of drug-likeness (QED) is 0.0261. The number of unbranched alkanes of at least 4 members (excludes halogenated alkanes) is 23. The molecular weight excluding hydrogens is 801 g/mol. The summed E-state index contributed by atoms with van der Waals surface area (Å²) in [6.45, 7) is 3.71. The molecule has 1 fully saturated rings. The normalized spacial score (nSPS) is 19.8. The maximum atomic E-state index is 12.8. The zero-order valence-electron chi connectivity index (χ0n) is 39.6. The lowest BCUT2D eigenvalue weighted by Gasteiger charge is -2.38. The van der Waals surface area contributed by atoms with E-state index in [0.29, 0.717) is 12.8 Å². The van der Waals surface area contributed by atoms with Gasteiger partial charge in [0.15, 0.2) is 18.5 Å². The van der Waals surface area contributed by atoms with E-state index >= 15 is 0 Å². The van der Waals surface area contributed by atoms with Gasteiger partial charge in [0.1, 0.15) is 24.9 Å². The van der Waals surface area contributed by atoms with Crippen LogP contribution in [0.4, 0.5) is 0 Å². The van der Waals surface area contributed by atoms with Gasteiger partial charge < -0.3 is 39.4 Å². The van der Waals surface area contributed by atoms with Crippen molar-refractivity contribution in [2.45, 2.75) is 250 Å². The third kappa shape index (κ3) is 33.3. The second-order valence-corrected chi connectivity index (χ2v) is 17.3. The number of rotatable bonds is 42. The Labute approximate surface area is 382 Å². The fourth-order valence-corrected chi connectivity index (χ4v) is 7.52. The summed E-state index contributed by atoms with van der Waals surface area (Å²) in [4.78, 5) is 36.9. The number of aliphatic hydroxyl groups excluding tert-OH is 3. The largest absolute Gasteiger partial charge is 0.479 e. The first-order chi connectivity index (χ1) is 30.7. The highest BCUT2D eigenvalue weighted by molar-refractivity contribution is 5.73. The molecule has 0 aromatic heterocycles. The minimum absolute atomic E-state index is 0.184. The SMILES string of the molecule is CC/C=C\C/C=C\C/C=C\C/C=C\CCCCCCCCCCCCC(=O)OCC(COC1OC(C(=O)O)C(O)C(O)C1O)OC(=O)CCCCCCCCCCCCCCCC. The van der Waals surface area contributed by atoms with E-state index in [1.807, 2.05) is 0 Å². The molecule has 4 N–H and O–H groups in total. The average Bonchev–Trinajstić information content (AvgIpc) is 3.27. The average molecular weight is 891 g/mol. The van der Waals surface area contributed by atoms with Crippen molar-refractivity contribution < 1.29 is 53.8 Å². The van der Waals surface area contributed by atoms with E-state index in [2.05, 4.69) is 62.5 Å². The highest BCUT2D eigenvalue weighted by atomic mass is 16.7. The van der Waals surface area contributed by atoms with Crippen LogP contribution in [0.5, 0.6) is 0 Å². The molecule has 0 aromatic carbocycles. The highest BCUT2D eigenvalue weighted by Crippen LogP contribution is 2.23. The molecule has 63 heavy (non-hydrogen) atoms. The summed E-state index contributed by atoms with van der Waals surface area (Å²) >= 11 is 0. The molecule has 0 bridgehead atoms. The van der Waals surface area contributed by atoms with Crippen molar-refractivity contribution in [1.82, 2.24) is 0 Å². The molecule has 0 amide bonds. The minimum atomic E-state index is -1.86. The van der Waals surface area contributed by atoms with Crippen molar-refractivity contribution in [1.29, 1.82) is 0 Å². The van der Waals surface area contributed by atoms with Crippen LogP contribution in [0.3, 0.4) is 0 Å². The van der Waals surface area contributed by atoms with Gasteiger partial charge in [0.05, 0.1) is 6.61 Å². The number of hydrogen-bond acceptors (Lipinski definition) is 10. The Morgan fingerprint density at radius 2 is 0.937 bits per heavy atom. The van der Waals surface area contributed by atoms with Gasteiger partial charge in [0.25, 0.3) is 0 Å². The molecule has 0 aromatic rings. The number of allylic oxidation sites excluding steroid dienone is 8. The predicted octanol–water partition coefficient (Wildman–Crippen LogP) is 11.7. The predicted molar refractivity (Wildman–Crippen MR) is 252 cm³/mol. The Bertz CT molecular complexity index is 1230. The van der Waals surface area contributed by atoms with E-state index in [-0.39, 0.29) is 26.1 Å². The van der Waals surface area contributed by atoms with Gasteiger partial charge in [0.2, 0.25) is 0 Å². The number of carbonyl (C=O) groups is 3. The number of ether oxygens (including phenoxy) is 4. The number of aliphatic hydroxyl groups is 3. The van der Waals surface area contributed by atoms with Crippen LogP contribution in [-0.4, -0.2) is 88.4 Å². The lowest BCUT2D eigenvalue weighted by atomic mass is 9.99. The number of carboxylic acid groups (broad SMARTS) is 1. The van der Waals surface area contributed by atoms with Crippen LogP contribution >= 0.6 is 0 Å². The second kappa shape index (κ2) is 41.8. The van der Waals surface area contributed by atoms with Crippen molar-refractivity contribution in [3.63, 3.8) is 0 Å². The number of carbonyl (C=O) groups excluding carboxylic acids is 2. The number of hydrogen-bond donors (Lipinski definition) is 4. The zero-order valence-corrected chi connectivity index (χ0v) is 39.6. The van der Waals surface area contributed by atoms with Crippen molar-refractivity contribution in [2.75, 3.05) is 13.2 Å². The number of aliphatic carboxylic acids is 1. The lowest BCUT2D eigenvalue weighted by molar-refractivity contribution is -0.298. The van der Waals surface area contributed by atoms with Crippen LogP contribution in [0, 0.1) is 0 Å². The number of esters is 2. The fourth-order valence-electron chi connectivity index (χ4n) is 7.52. The molecule has 1 aliphatic heterocycles. The Morgan fingerprint density at radius 1 is 0.508 bits per heavy atom. The van der Waals surface area contributed by atoms with Gasteiger partial charge in [-0.2, -0.15) is 0 Å². The third-order valence-corrected chi connectivity index (χ3v) is 11.4. The second-order valence-electron chi connectivity index (χ2n) is 17.3. The van der Waals surface area contributed by atoms with Gasteiger partial charge in [-0.25, -0.2) is 4.79 Å². The van der Waals surface area contributed by atoms with Gasteiger partial charge in [-0.15, -0.1) is 0 Å². The van der Waals surface area contributed by atoms with E-state index in [1.54, 1.807) is 0 Å². The molecule has 0 spiro atoms. The first-order valence-electron chi connectivity index (χ1n) is 25.2. The molecule has 1 rings (SSSR count). The minimum Gasteiger partial charge on any atom is -0.479 e. The van der Waals surface area contributed by atoms with Crippen molar-refractivity contribution >= 4 is 17.9 Å². The first kappa shape index (κ1) is 58.2. The molecule has 11 nitrogen and oxygen atoms in total. The van der Waals surface area contributed by atoms with E-state index in [0.717, 1.165) is 70.6 Å². The van der Waals surface area contributed by atoms with Gasteiger partial charge in [-0.05, 0) is 51.4 Å². The van der Waals surface area contributed by atoms with Crippen molar-refractivity contribution in [3.8, 4) is 0 Å². The van der Waals surface area contributed by atoms with Gasteiger partial charge in [0, 0.05) is 12.8 Å². The van der Waals surface area contributed by atoms with E-state index in [1.165, 1.54) is 103 Å². The molecule has 1 saturated heterocycles. The summed E-state index contributed by atoms with van der Waals surface area (Å²) in [6, 6.07) is 0. The Morgan fingerprint density at radius 3 is 1.41 bits per heavy atom. The monoisotopic (exact) mass is 891 g/mol. The highest BCUT2D eigenvalue weighted by Gasteiger charge is 2.47. The summed E-state index contributed by atoms with van der Waals surface area (Å²) in [5.74, 6) is -2.44. The van der Waals surface area contributed by atoms with Crippen LogP contribution < -0.4 is 0 Å².